The number of hydrogen-bond donors (Lipinski definition) is 0. The fourth-order valence-electron chi connectivity index (χ4n) is 3.33. The fourth-order valence-corrected chi connectivity index (χ4v) is 4.12. The number of rotatable bonds is 4. The monoisotopic (exact) mass is 454 g/mol. The third kappa shape index (κ3) is 5.84. The van der Waals surface area contributed by atoms with Crippen LogP contribution in [0.1, 0.15) is 31.8 Å². The molecule has 0 aromatic heterocycles. The molecule has 1 aliphatic heterocycles. The molecule has 0 aliphatic carbocycles. The summed E-state index contributed by atoms with van der Waals surface area (Å²) in [4.78, 5) is 28.3. The van der Waals surface area contributed by atoms with Crippen molar-refractivity contribution in [1.29, 1.82) is 0 Å². The average Bonchev–Trinajstić information content (AvgIpc) is 2.72. The van der Waals surface area contributed by atoms with E-state index in [4.69, 9.17) is 0 Å². The van der Waals surface area contributed by atoms with E-state index in [-0.39, 0.29) is 49.3 Å². The van der Waals surface area contributed by atoms with Gasteiger partial charge in [-0.1, -0.05) is 12.1 Å². The molecule has 0 saturated carbocycles. The van der Waals surface area contributed by atoms with Crippen molar-refractivity contribution in [2.45, 2.75) is 11.9 Å². The van der Waals surface area contributed by atoms with E-state index in [0.29, 0.717) is 11.1 Å². The van der Waals surface area contributed by atoms with Gasteiger partial charge in [0.25, 0.3) is 11.8 Å². The van der Waals surface area contributed by atoms with E-state index < -0.39 is 21.6 Å². The molecule has 0 atom stereocenters. The lowest BCUT2D eigenvalue weighted by Crippen LogP contribution is -2.50. The first kappa shape index (κ1) is 22.8. The van der Waals surface area contributed by atoms with Gasteiger partial charge in [0.1, 0.15) is 0 Å². The van der Waals surface area contributed by atoms with E-state index in [1.807, 2.05) is 0 Å². The first-order valence-electron chi connectivity index (χ1n) is 9.46. The first-order chi connectivity index (χ1) is 14.4. The standard InChI is InChI=1S/C21H21F3N2O4S/c1-31(29,30)14-15-2-4-16(5-3-15)19(27)25-10-12-26(13-11-25)20(28)17-6-8-18(9-7-17)21(22,23)24/h2-9H,10-14H2,1H3. The zero-order valence-electron chi connectivity index (χ0n) is 16.7. The van der Waals surface area contributed by atoms with Crippen molar-refractivity contribution in [1.82, 2.24) is 9.80 Å². The maximum atomic E-state index is 12.7. The van der Waals surface area contributed by atoms with Crippen LogP contribution < -0.4 is 0 Å². The van der Waals surface area contributed by atoms with E-state index in [9.17, 15) is 31.2 Å². The zero-order chi connectivity index (χ0) is 22.8. The molecule has 10 heteroatoms. The quantitative estimate of drug-likeness (QED) is 0.712. The van der Waals surface area contributed by atoms with E-state index in [0.717, 1.165) is 30.5 Å². The Bertz CT molecular complexity index is 1060. The summed E-state index contributed by atoms with van der Waals surface area (Å²) in [5, 5.41) is 0. The molecule has 2 amide bonds. The van der Waals surface area contributed by atoms with Crippen molar-refractivity contribution in [2.24, 2.45) is 0 Å². The zero-order valence-corrected chi connectivity index (χ0v) is 17.5. The van der Waals surface area contributed by atoms with Crippen LogP contribution in [-0.4, -0.2) is 62.5 Å². The Balaban J connectivity index is 1.58. The Hall–Kier alpha value is -2.88. The molecule has 2 aromatic rings. The summed E-state index contributed by atoms with van der Waals surface area (Å²) in [5.74, 6) is -0.717. The van der Waals surface area contributed by atoms with Crippen molar-refractivity contribution >= 4 is 21.7 Å². The summed E-state index contributed by atoms with van der Waals surface area (Å²) in [5.41, 5.74) is 0.349. The molecule has 0 unspecified atom stereocenters. The number of carbonyl (C=O) groups excluding carboxylic acids is 2. The van der Waals surface area contributed by atoms with Crippen LogP contribution in [0.3, 0.4) is 0 Å². The van der Waals surface area contributed by atoms with E-state index in [1.54, 1.807) is 29.2 Å². The van der Waals surface area contributed by atoms with Crippen LogP contribution in [0, 0.1) is 0 Å². The molecule has 1 fully saturated rings. The maximum absolute atomic E-state index is 12.7. The van der Waals surface area contributed by atoms with Crippen LogP contribution in [0.5, 0.6) is 0 Å². The van der Waals surface area contributed by atoms with E-state index in [1.165, 1.54) is 4.90 Å². The molecule has 1 aliphatic rings. The van der Waals surface area contributed by atoms with Gasteiger partial charge in [0, 0.05) is 43.6 Å². The molecule has 0 radical (unpaired) electrons. The van der Waals surface area contributed by atoms with Gasteiger partial charge in [-0.15, -0.1) is 0 Å². The highest BCUT2D eigenvalue weighted by atomic mass is 32.2. The number of amides is 2. The minimum absolute atomic E-state index is 0.105. The molecule has 0 bridgehead atoms. The van der Waals surface area contributed by atoms with Crippen LogP contribution in [-0.2, 0) is 21.8 Å². The van der Waals surface area contributed by atoms with Gasteiger partial charge in [0.05, 0.1) is 11.3 Å². The normalized spacial score (nSPS) is 15.1. The number of benzene rings is 2. The molecular formula is C21H21F3N2O4S. The second-order valence-electron chi connectivity index (χ2n) is 7.43. The van der Waals surface area contributed by atoms with Crippen LogP contribution in [0.25, 0.3) is 0 Å². The lowest BCUT2D eigenvalue weighted by Gasteiger charge is -2.35. The molecule has 6 nitrogen and oxygen atoms in total. The Morgan fingerprint density at radius 1 is 0.806 bits per heavy atom. The molecule has 1 saturated heterocycles. The number of nitrogens with zero attached hydrogens (tertiary/aromatic N) is 2. The topological polar surface area (TPSA) is 74.8 Å². The first-order valence-corrected chi connectivity index (χ1v) is 11.5. The van der Waals surface area contributed by atoms with E-state index >= 15 is 0 Å². The highest BCUT2D eigenvalue weighted by molar-refractivity contribution is 7.89. The molecule has 2 aromatic carbocycles. The van der Waals surface area contributed by atoms with Crippen molar-refractivity contribution in [3.05, 3.63) is 70.8 Å². The summed E-state index contributed by atoms with van der Waals surface area (Å²) >= 11 is 0. The Labute approximate surface area is 178 Å². The number of piperazine rings is 1. The number of hydrogen-bond acceptors (Lipinski definition) is 4. The van der Waals surface area contributed by atoms with Gasteiger partial charge in [0.15, 0.2) is 9.84 Å². The Morgan fingerprint density at radius 3 is 1.55 bits per heavy atom. The van der Waals surface area contributed by atoms with Crippen LogP contribution in [0.15, 0.2) is 48.5 Å². The van der Waals surface area contributed by atoms with Crippen LogP contribution in [0.4, 0.5) is 13.2 Å². The van der Waals surface area contributed by atoms with Crippen LogP contribution >= 0.6 is 0 Å². The van der Waals surface area contributed by atoms with Crippen LogP contribution in [0.2, 0.25) is 0 Å². The third-order valence-electron chi connectivity index (χ3n) is 4.94. The average molecular weight is 454 g/mol. The fraction of sp³-hybridized carbons (Fsp3) is 0.333. The molecule has 166 valence electrons. The summed E-state index contributed by atoms with van der Waals surface area (Å²) in [7, 11) is -3.17. The van der Waals surface area contributed by atoms with Crippen molar-refractivity contribution in [3.8, 4) is 0 Å². The summed E-state index contributed by atoms with van der Waals surface area (Å²) in [6.07, 6.45) is -3.33. The lowest BCUT2D eigenvalue weighted by atomic mass is 10.1. The minimum atomic E-state index is -4.46. The molecule has 31 heavy (non-hydrogen) atoms. The van der Waals surface area contributed by atoms with Gasteiger partial charge in [-0.25, -0.2) is 8.42 Å². The predicted molar refractivity (Wildman–Crippen MR) is 108 cm³/mol. The Morgan fingerprint density at radius 2 is 1.19 bits per heavy atom. The van der Waals surface area contributed by atoms with Gasteiger partial charge in [-0.2, -0.15) is 13.2 Å². The predicted octanol–water partition coefficient (Wildman–Crippen LogP) is 2.85. The smallest absolute Gasteiger partial charge is 0.335 e. The third-order valence-corrected chi connectivity index (χ3v) is 5.80. The van der Waals surface area contributed by atoms with Gasteiger partial charge in [-0.3, -0.25) is 9.59 Å². The van der Waals surface area contributed by atoms with Gasteiger partial charge >= 0.3 is 6.18 Å². The molecule has 0 spiro atoms. The van der Waals surface area contributed by atoms with Crippen molar-refractivity contribution in [3.63, 3.8) is 0 Å². The number of halogens is 3. The molecular weight excluding hydrogens is 433 g/mol. The second-order valence-corrected chi connectivity index (χ2v) is 9.57. The minimum Gasteiger partial charge on any atom is -0.335 e. The second kappa shape index (κ2) is 8.70. The molecule has 0 N–H and O–H groups in total. The lowest BCUT2D eigenvalue weighted by molar-refractivity contribution is -0.137. The SMILES string of the molecule is CS(=O)(=O)Cc1ccc(C(=O)N2CCN(C(=O)c3ccc(C(F)(F)F)cc3)CC2)cc1. The van der Waals surface area contributed by atoms with E-state index in [2.05, 4.69) is 0 Å². The number of carbonyl (C=O) groups is 2. The highest BCUT2D eigenvalue weighted by Gasteiger charge is 2.31. The highest BCUT2D eigenvalue weighted by Crippen LogP contribution is 2.29. The number of alkyl halides is 3. The van der Waals surface area contributed by atoms with Crippen molar-refractivity contribution < 1.29 is 31.2 Å². The van der Waals surface area contributed by atoms with Gasteiger partial charge < -0.3 is 9.80 Å². The summed E-state index contributed by atoms with van der Waals surface area (Å²) in [6.45, 7) is 1.10. The largest absolute Gasteiger partial charge is 0.416 e. The number of sulfone groups is 1. The molecule has 3 rings (SSSR count). The van der Waals surface area contributed by atoms with Gasteiger partial charge in [-0.05, 0) is 42.0 Å². The van der Waals surface area contributed by atoms with Crippen molar-refractivity contribution in [2.75, 3.05) is 32.4 Å². The maximum Gasteiger partial charge on any atom is 0.416 e. The summed E-state index contributed by atoms with van der Waals surface area (Å²) in [6, 6.07) is 10.4. The Kier molecular flexibility index (Phi) is 6.40. The van der Waals surface area contributed by atoms with Gasteiger partial charge in [0.2, 0.25) is 0 Å². The summed E-state index contributed by atoms with van der Waals surface area (Å²) < 4.78 is 60.7. The molecule has 1 heterocycles.